The standard InChI is InChI=1S/C16H23ClN2O2/c1-5-9-18-14(20)11-21-15-12(7-6-8-13(15)17)10-19-16(2,3)4/h5-8,19H,1,9-11H2,2-4H3,(H,18,20). The van der Waals surface area contributed by atoms with Gasteiger partial charge in [0.15, 0.2) is 6.61 Å². The molecule has 0 aliphatic heterocycles. The number of benzene rings is 1. The zero-order valence-electron chi connectivity index (χ0n) is 12.8. The Morgan fingerprint density at radius 2 is 2.14 bits per heavy atom. The number of hydrogen-bond acceptors (Lipinski definition) is 3. The van der Waals surface area contributed by atoms with E-state index < -0.39 is 0 Å². The molecule has 5 heteroatoms. The summed E-state index contributed by atoms with van der Waals surface area (Å²) >= 11 is 6.17. The van der Waals surface area contributed by atoms with E-state index >= 15 is 0 Å². The summed E-state index contributed by atoms with van der Waals surface area (Å²) in [7, 11) is 0. The molecule has 0 bridgehead atoms. The molecule has 0 aromatic heterocycles. The lowest BCUT2D eigenvalue weighted by Crippen LogP contribution is -2.35. The van der Waals surface area contributed by atoms with Crippen LogP contribution < -0.4 is 15.4 Å². The highest BCUT2D eigenvalue weighted by molar-refractivity contribution is 6.32. The maximum absolute atomic E-state index is 11.6. The molecule has 21 heavy (non-hydrogen) atoms. The van der Waals surface area contributed by atoms with Crippen LogP contribution in [0.2, 0.25) is 5.02 Å². The van der Waals surface area contributed by atoms with Gasteiger partial charge in [-0.05, 0) is 26.8 Å². The Labute approximate surface area is 131 Å². The van der Waals surface area contributed by atoms with Crippen LogP contribution in [0.5, 0.6) is 5.75 Å². The molecule has 0 aliphatic rings. The van der Waals surface area contributed by atoms with Crippen molar-refractivity contribution in [1.29, 1.82) is 0 Å². The smallest absolute Gasteiger partial charge is 0.258 e. The summed E-state index contributed by atoms with van der Waals surface area (Å²) in [6.07, 6.45) is 1.62. The molecule has 0 aliphatic carbocycles. The van der Waals surface area contributed by atoms with Gasteiger partial charge in [0.05, 0.1) is 5.02 Å². The molecular formula is C16H23ClN2O2. The van der Waals surface area contributed by atoms with Crippen molar-refractivity contribution in [2.24, 2.45) is 0 Å². The largest absolute Gasteiger partial charge is 0.482 e. The van der Waals surface area contributed by atoms with Crippen molar-refractivity contribution < 1.29 is 9.53 Å². The molecule has 116 valence electrons. The minimum atomic E-state index is -0.204. The number of para-hydroxylation sites is 1. The molecule has 1 aromatic rings. The highest BCUT2D eigenvalue weighted by Gasteiger charge is 2.14. The minimum absolute atomic E-state index is 0.0130. The molecule has 2 N–H and O–H groups in total. The van der Waals surface area contributed by atoms with Crippen LogP contribution in [-0.2, 0) is 11.3 Å². The third-order valence-corrected chi connectivity index (χ3v) is 2.95. The predicted octanol–water partition coefficient (Wildman–Crippen LogP) is 2.91. The summed E-state index contributed by atoms with van der Waals surface area (Å²) in [4.78, 5) is 11.6. The molecule has 1 amide bonds. The number of ether oxygens (including phenoxy) is 1. The average molecular weight is 311 g/mol. The Morgan fingerprint density at radius 3 is 2.76 bits per heavy atom. The van der Waals surface area contributed by atoms with Crippen molar-refractivity contribution in [1.82, 2.24) is 10.6 Å². The average Bonchev–Trinajstić information content (AvgIpc) is 2.41. The monoisotopic (exact) mass is 310 g/mol. The number of halogens is 1. The number of nitrogens with one attached hydrogen (secondary N) is 2. The second kappa shape index (κ2) is 8.05. The topological polar surface area (TPSA) is 50.4 Å². The lowest BCUT2D eigenvalue weighted by Gasteiger charge is -2.22. The molecule has 0 radical (unpaired) electrons. The SMILES string of the molecule is C=CCNC(=O)COc1c(Cl)cccc1CNC(C)(C)C. The lowest BCUT2D eigenvalue weighted by atomic mass is 10.1. The summed E-state index contributed by atoms with van der Waals surface area (Å²) in [6, 6.07) is 5.55. The van der Waals surface area contributed by atoms with Crippen molar-refractivity contribution in [2.75, 3.05) is 13.2 Å². The molecule has 0 fully saturated rings. The lowest BCUT2D eigenvalue weighted by molar-refractivity contribution is -0.122. The number of carbonyl (C=O) groups is 1. The fourth-order valence-electron chi connectivity index (χ4n) is 1.59. The van der Waals surface area contributed by atoms with Gasteiger partial charge in [-0.15, -0.1) is 6.58 Å². The Morgan fingerprint density at radius 1 is 1.43 bits per heavy atom. The summed E-state index contributed by atoms with van der Waals surface area (Å²) < 4.78 is 5.57. The van der Waals surface area contributed by atoms with Gasteiger partial charge in [-0.25, -0.2) is 0 Å². The van der Waals surface area contributed by atoms with E-state index in [0.717, 1.165) is 5.56 Å². The fraction of sp³-hybridized carbons (Fsp3) is 0.438. The van der Waals surface area contributed by atoms with E-state index in [1.54, 1.807) is 12.1 Å². The summed E-state index contributed by atoms with van der Waals surface area (Å²) in [5.41, 5.74) is 0.912. The summed E-state index contributed by atoms with van der Waals surface area (Å²) in [6.45, 7) is 10.8. The van der Waals surface area contributed by atoms with E-state index in [4.69, 9.17) is 16.3 Å². The van der Waals surface area contributed by atoms with E-state index in [1.807, 2.05) is 12.1 Å². The number of rotatable bonds is 7. The molecule has 0 unspecified atom stereocenters. The number of amides is 1. The molecule has 4 nitrogen and oxygen atoms in total. The van der Waals surface area contributed by atoms with Crippen molar-refractivity contribution in [3.05, 3.63) is 41.4 Å². The molecule has 0 spiro atoms. The second-order valence-corrected chi connectivity index (χ2v) is 6.12. The van der Waals surface area contributed by atoms with Crippen molar-refractivity contribution in [3.8, 4) is 5.75 Å². The van der Waals surface area contributed by atoms with Crippen LogP contribution in [0.15, 0.2) is 30.9 Å². The van der Waals surface area contributed by atoms with Crippen LogP contribution in [-0.4, -0.2) is 24.6 Å². The van der Waals surface area contributed by atoms with Crippen molar-refractivity contribution in [3.63, 3.8) is 0 Å². The van der Waals surface area contributed by atoms with Gasteiger partial charge < -0.3 is 15.4 Å². The summed E-state index contributed by atoms with van der Waals surface area (Å²) in [5.74, 6) is 0.342. The number of carbonyl (C=O) groups excluding carboxylic acids is 1. The Bertz CT molecular complexity index is 496. The molecule has 0 heterocycles. The first kappa shape index (κ1) is 17.5. The van der Waals surface area contributed by atoms with Crippen LogP contribution in [0.1, 0.15) is 26.3 Å². The van der Waals surface area contributed by atoms with Gasteiger partial charge in [0.2, 0.25) is 0 Å². The van der Waals surface area contributed by atoms with E-state index in [1.165, 1.54) is 0 Å². The van der Waals surface area contributed by atoms with E-state index in [9.17, 15) is 4.79 Å². The molecule has 0 saturated carbocycles. The second-order valence-electron chi connectivity index (χ2n) is 5.71. The molecule has 0 atom stereocenters. The third-order valence-electron chi connectivity index (χ3n) is 2.65. The van der Waals surface area contributed by atoms with E-state index in [0.29, 0.717) is 23.9 Å². The highest BCUT2D eigenvalue weighted by atomic mass is 35.5. The fourth-order valence-corrected chi connectivity index (χ4v) is 1.84. The minimum Gasteiger partial charge on any atom is -0.482 e. The first-order valence-corrected chi connectivity index (χ1v) is 7.24. The van der Waals surface area contributed by atoms with Gasteiger partial charge in [-0.2, -0.15) is 0 Å². The summed E-state index contributed by atoms with van der Waals surface area (Å²) in [5, 5.41) is 6.53. The van der Waals surface area contributed by atoms with Crippen molar-refractivity contribution >= 4 is 17.5 Å². The van der Waals surface area contributed by atoms with Crippen molar-refractivity contribution in [2.45, 2.75) is 32.9 Å². The Hall–Kier alpha value is -1.52. The van der Waals surface area contributed by atoms with Crippen LogP contribution in [0.3, 0.4) is 0 Å². The Kier molecular flexibility index (Phi) is 6.72. The maximum Gasteiger partial charge on any atom is 0.258 e. The molecule has 1 rings (SSSR count). The molecular weight excluding hydrogens is 288 g/mol. The molecule has 0 saturated heterocycles. The van der Waals surface area contributed by atoms with Gasteiger partial charge in [0, 0.05) is 24.2 Å². The van der Waals surface area contributed by atoms with Gasteiger partial charge in [-0.1, -0.05) is 29.8 Å². The first-order chi connectivity index (χ1) is 9.83. The molecule has 1 aromatic carbocycles. The normalized spacial score (nSPS) is 11.0. The zero-order chi connectivity index (χ0) is 15.9. The van der Waals surface area contributed by atoms with Gasteiger partial charge in [0.25, 0.3) is 5.91 Å². The highest BCUT2D eigenvalue weighted by Crippen LogP contribution is 2.28. The van der Waals surface area contributed by atoms with Crippen LogP contribution >= 0.6 is 11.6 Å². The maximum atomic E-state index is 11.6. The van der Waals surface area contributed by atoms with Crippen LogP contribution in [0, 0.1) is 0 Å². The zero-order valence-corrected chi connectivity index (χ0v) is 13.6. The van der Waals surface area contributed by atoms with Crippen LogP contribution in [0.4, 0.5) is 0 Å². The van der Waals surface area contributed by atoms with Gasteiger partial charge in [0.1, 0.15) is 5.75 Å². The third kappa shape index (κ3) is 6.65. The van der Waals surface area contributed by atoms with Gasteiger partial charge in [-0.3, -0.25) is 4.79 Å². The number of hydrogen-bond donors (Lipinski definition) is 2. The first-order valence-electron chi connectivity index (χ1n) is 6.86. The van der Waals surface area contributed by atoms with Gasteiger partial charge >= 0.3 is 0 Å². The quantitative estimate of drug-likeness (QED) is 0.761. The van der Waals surface area contributed by atoms with E-state index in [-0.39, 0.29) is 18.1 Å². The van der Waals surface area contributed by atoms with E-state index in [2.05, 4.69) is 38.0 Å². The Balaban J connectivity index is 2.71. The van der Waals surface area contributed by atoms with Crippen LogP contribution in [0.25, 0.3) is 0 Å². The predicted molar refractivity (Wildman–Crippen MR) is 86.7 cm³/mol.